The van der Waals surface area contributed by atoms with Crippen LogP contribution in [0.3, 0.4) is 0 Å². The molecule has 2 amide bonds. The molecular formula is C20H24N2O4. The van der Waals surface area contributed by atoms with Crippen LogP contribution in [0.4, 0.5) is 9.59 Å². The Balaban J connectivity index is 1.94. The smallest absolute Gasteiger partial charge is 0.419 e. The first-order valence-corrected chi connectivity index (χ1v) is 8.40. The molecule has 0 saturated carbocycles. The average molecular weight is 356 g/mol. The fraction of sp³-hybridized carbons (Fsp3) is 0.300. The van der Waals surface area contributed by atoms with E-state index in [-0.39, 0.29) is 19.8 Å². The van der Waals surface area contributed by atoms with Gasteiger partial charge in [0.15, 0.2) is 0 Å². The summed E-state index contributed by atoms with van der Waals surface area (Å²) in [5.74, 6) is 0. The molecule has 0 aliphatic rings. The monoisotopic (exact) mass is 356 g/mol. The summed E-state index contributed by atoms with van der Waals surface area (Å²) >= 11 is 0. The van der Waals surface area contributed by atoms with E-state index in [1.807, 2.05) is 79.7 Å². The molecule has 2 aromatic rings. The third-order valence-electron chi connectivity index (χ3n) is 3.62. The van der Waals surface area contributed by atoms with Gasteiger partial charge in [-0.15, -0.1) is 0 Å². The van der Waals surface area contributed by atoms with Gasteiger partial charge in [0.05, 0.1) is 0 Å². The molecule has 6 heteroatoms. The number of ether oxygens (including phenoxy) is 2. The SMILES string of the molecule is CN(C)CCN(C(=O)OCc1ccccc1)C(=O)OCc1ccccc1. The number of likely N-dealkylation sites (N-methyl/N-ethyl adjacent to an activating group) is 1. The quantitative estimate of drug-likeness (QED) is 0.760. The van der Waals surface area contributed by atoms with Crippen molar-refractivity contribution < 1.29 is 19.1 Å². The number of carbonyl (C=O) groups excluding carboxylic acids is 2. The molecule has 0 aliphatic heterocycles. The van der Waals surface area contributed by atoms with E-state index >= 15 is 0 Å². The van der Waals surface area contributed by atoms with Crippen LogP contribution in [-0.2, 0) is 22.7 Å². The van der Waals surface area contributed by atoms with Crippen LogP contribution in [0, 0.1) is 0 Å². The molecule has 0 aromatic heterocycles. The Kier molecular flexibility index (Phi) is 7.64. The molecular weight excluding hydrogens is 332 g/mol. The molecule has 6 nitrogen and oxygen atoms in total. The summed E-state index contributed by atoms with van der Waals surface area (Å²) in [6.45, 7) is 0.906. The van der Waals surface area contributed by atoms with Crippen molar-refractivity contribution in [2.45, 2.75) is 13.2 Å². The van der Waals surface area contributed by atoms with Gasteiger partial charge in [-0.2, -0.15) is 0 Å². The molecule has 138 valence electrons. The maximum atomic E-state index is 12.4. The molecule has 0 heterocycles. The molecule has 0 atom stereocenters. The van der Waals surface area contributed by atoms with Gasteiger partial charge in [-0.3, -0.25) is 0 Å². The van der Waals surface area contributed by atoms with E-state index in [1.165, 1.54) is 0 Å². The van der Waals surface area contributed by atoms with Crippen molar-refractivity contribution in [2.75, 3.05) is 27.2 Å². The third kappa shape index (κ3) is 6.57. The van der Waals surface area contributed by atoms with Crippen LogP contribution in [0.1, 0.15) is 11.1 Å². The molecule has 0 unspecified atom stereocenters. The number of hydrogen-bond donors (Lipinski definition) is 0. The molecule has 0 radical (unpaired) electrons. The number of imide groups is 1. The number of benzene rings is 2. The average Bonchev–Trinajstić information content (AvgIpc) is 2.66. The van der Waals surface area contributed by atoms with E-state index < -0.39 is 12.2 Å². The number of amides is 2. The summed E-state index contributed by atoms with van der Waals surface area (Å²) in [4.78, 5) is 27.6. The molecule has 0 fully saturated rings. The molecule has 0 saturated heterocycles. The second kappa shape index (κ2) is 10.2. The van der Waals surface area contributed by atoms with Crippen molar-refractivity contribution in [1.82, 2.24) is 9.80 Å². The second-order valence-electron chi connectivity index (χ2n) is 6.04. The van der Waals surface area contributed by atoms with Gasteiger partial charge in [-0.25, -0.2) is 14.5 Å². The van der Waals surface area contributed by atoms with Crippen LogP contribution in [0.15, 0.2) is 60.7 Å². The van der Waals surface area contributed by atoms with Crippen molar-refractivity contribution in [3.05, 3.63) is 71.8 Å². The minimum absolute atomic E-state index is 0.101. The predicted molar refractivity (Wildman–Crippen MR) is 98.5 cm³/mol. The van der Waals surface area contributed by atoms with Crippen molar-refractivity contribution in [1.29, 1.82) is 0 Å². The topological polar surface area (TPSA) is 59.1 Å². The number of carbonyl (C=O) groups is 2. The van der Waals surface area contributed by atoms with E-state index in [0.717, 1.165) is 16.0 Å². The minimum Gasteiger partial charge on any atom is -0.444 e. The Morgan fingerprint density at radius 2 is 1.15 bits per heavy atom. The van der Waals surface area contributed by atoms with Crippen LogP contribution in [0.5, 0.6) is 0 Å². The number of rotatable bonds is 7. The van der Waals surface area contributed by atoms with E-state index in [1.54, 1.807) is 0 Å². The summed E-state index contributed by atoms with van der Waals surface area (Å²) in [6, 6.07) is 18.6. The number of hydrogen-bond acceptors (Lipinski definition) is 5. The van der Waals surface area contributed by atoms with Crippen LogP contribution in [0.25, 0.3) is 0 Å². The number of nitrogens with zero attached hydrogens (tertiary/aromatic N) is 2. The van der Waals surface area contributed by atoms with Crippen LogP contribution in [-0.4, -0.2) is 49.2 Å². The molecule has 0 aliphatic carbocycles. The summed E-state index contributed by atoms with van der Waals surface area (Å²) in [6.07, 6.45) is -1.43. The van der Waals surface area contributed by atoms with Crippen molar-refractivity contribution in [3.63, 3.8) is 0 Å². The fourth-order valence-electron chi connectivity index (χ4n) is 2.15. The standard InChI is InChI=1S/C20H24N2O4/c1-21(2)13-14-22(19(23)25-15-17-9-5-3-6-10-17)20(24)26-16-18-11-7-4-8-12-18/h3-12H,13-16H2,1-2H3. The Labute approximate surface area is 153 Å². The van der Waals surface area contributed by atoms with Gasteiger partial charge in [-0.1, -0.05) is 60.7 Å². The molecule has 0 spiro atoms. The lowest BCUT2D eigenvalue weighted by molar-refractivity contribution is 0.0680. The normalized spacial score (nSPS) is 10.4. The van der Waals surface area contributed by atoms with E-state index in [2.05, 4.69) is 0 Å². The van der Waals surface area contributed by atoms with Gasteiger partial charge in [0.1, 0.15) is 13.2 Å². The zero-order valence-corrected chi connectivity index (χ0v) is 15.1. The Bertz CT molecular complexity index is 634. The zero-order chi connectivity index (χ0) is 18.8. The van der Waals surface area contributed by atoms with Gasteiger partial charge < -0.3 is 14.4 Å². The largest absolute Gasteiger partial charge is 0.444 e. The Morgan fingerprint density at radius 1 is 0.731 bits per heavy atom. The first-order valence-electron chi connectivity index (χ1n) is 8.40. The third-order valence-corrected chi connectivity index (χ3v) is 3.62. The summed E-state index contributed by atoms with van der Waals surface area (Å²) in [5, 5.41) is 0. The lowest BCUT2D eigenvalue weighted by Gasteiger charge is -2.21. The minimum atomic E-state index is -0.714. The van der Waals surface area contributed by atoms with Gasteiger partial charge in [0, 0.05) is 13.1 Å². The zero-order valence-electron chi connectivity index (χ0n) is 15.1. The van der Waals surface area contributed by atoms with Crippen molar-refractivity contribution in [3.8, 4) is 0 Å². The van der Waals surface area contributed by atoms with Gasteiger partial charge in [0.2, 0.25) is 0 Å². The summed E-state index contributed by atoms with van der Waals surface area (Å²) in [5.41, 5.74) is 1.71. The van der Waals surface area contributed by atoms with Crippen LogP contribution in [0.2, 0.25) is 0 Å². The van der Waals surface area contributed by atoms with E-state index in [4.69, 9.17) is 9.47 Å². The predicted octanol–water partition coefficient (Wildman–Crippen LogP) is 3.52. The highest BCUT2D eigenvalue weighted by atomic mass is 16.6. The molecule has 26 heavy (non-hydrogen) atoms. The molecule has 0 N–H and O–H groups in total. The highest BCUT2D eigenvalue weighted by Crippen LogP contribution is 2.07. The van der Waals surface area contributed by atoms with Gasteiger partial charge in [0.25, 0.3) is 0 Å². The van der Waals surface area contributed by atoms with Gasteiger partial charge >= 0.3 is 12.2 Å². The highest BCUT2D eigenvalue weighted by Gasteiger charge is 2.24. The van der Waals surface area contributed by atoms with E-state index in [0.29, 0.717) is 6.54 Å². The Morgan fingerprint density at radius 3 is 1.54 bits per heavy atom. The highest BCUT2D eigenvalue weighted by molar-refractivity contribution is 5.87. The van der Waals surface area contributed by atoms with Gasteiger partial charge in [-0.05, 0) is 25.2 Å². The fourth-order valence-corrected chi connectivity index (χ4v) is 2.15. The first-order chi connectivity index (χ1) is 12.6. The Hall–Kier alpha value is -2.86. The molecule has 2 aromatic carbocycles. The summed E-state index contributed by atoms with van der Waals surface area (Å²) < 4.78 is 10.5. The van der Waals surface area contributed by atoms with Crippen molar-refractivity contribution in [2.24, 2.45) is 0 Å². The lowest BCUT2D eigenvalue weighted by atomic mass is 10.2. The maximum Gasteiger partial charge on any atom is 0.419 e. The van der Waals surface area contributed by atoms with Crippen LogP contribution < -0.4 is 0 Å². The molecule has 0 bridgehead atoms. The second-order valence-corrected chi connectivity index (χ2v) is 6.04. The van der Waals surface area contributed by atoms with Crippen LogP contribution >= 0.6 is 0 Å². The maximum absolute atomic E-state index is 12.4. The lowest BCUT2D eigenvalue weighted by Crippen LogP contribution is -2.41. The summed E-state index contributed by atoms with van der Waals surface area (Å²) in [7, 11) is 3.73. The van der Waals surface area contributed by atoms with E-state index in [9.17, 15) is 9.59 Å². The first kappa shape index (κ1) is 19.5. The molecule has 2 rings (SSSR count). The van der Waals surface area contributed by atoms with Crippen molar-refractivity contribution >= 4 is 12.2 Å².